The number of carbonyl (C=O) groups excluding carboxylic acids is 1. The number of hydrogen-bond donors (Lipinski definition) is 2. The molecule has 5 heteroatoms. The molecule has 2 N–H and O–H groups in total. The zero-order valence-corrected chi connectivity index (χ0v) is 12.0. The van der Waals surface area contributed by atoms with Gasteiger partial charge in [-0.2, -0.15) is 0 Å². The largest absolute Gasteiger partial charge is 0.384 e. The van der Waals surface area contributed by atoms with Crippen molar-refractivity contribution in [3.8, 4) is 11.8 Å². The van der Waals surface area contributed by atoms with Gasteiger partial charge in [0, 0.05) is 18.2 Å². The Kier molecular flexibility index (Phi) is 5.32. The highest BCUT2D eigenvalue weighted by atomic mass is 19.1. The highest BCUT2D eigenvalue weighted by molar-refractivity contribution is 5.96. The van der Waals surface area contributed by atoms with E-state index < -0.39 is 5.82 Å². The summed E-state index contributed by atoms with van der Waals surface area (Å²) in [4.78, 5) is 14.4. The summed E-state index contributed by atoms with van der Waals surface area (Å²) in [5.74, 6) is 4.33. The number of hydrogen-bond acceptors (Lipinski definition) is 3. The molecule has 1 aliphatic rings. The fraction of sp³-hybridized carbons (Fsp3) is 0.438. The van der Waals surface area contributed by atoms with E-state index in [4.69, 9.17) is 5.11 Å². The Morgan fingerprint density at radius 2 is 2.38 bits per heavy atom. The van der Waals surface area contributed by atoms with Gasteiger partial charge in [0.05, 0.1) is 5.56 Å². The maximum atomic E-state index is 13.3. The number of nitrogens with one attached hydrogen (secondary N) is 1. The molecule has 1 fully saturated rings. The lowest BCUT2D eigenvalue weighted by Crippen LogP contribution is -2.38. The van der Waals surface area contributed by atoms with Crippen molar-refractivity contribution in [2.24, 2.45) is 0 Å². The molecule has 0 bridgehead atoms. The maximum Gasteiger partial charge on any atom is 0.252 e. The summed E-state index contributed by atoms with van der Waals surface area (Å²) in [7, 11) is 2.04. The average Bonchev–Trinajstić information content (AvgIpc) is 2.88. The molecule has 1 saturated heterocycles. The number of aliphatic hydroxyl groups excluding tert-OH is 1. The van der Waals surface area contributed by atoms with Crippen molar-refractivity contribution < 1.29 is 14.3 Å². The van der Waals surface area contributed by atoms with Gasteiger partial charge >= 0.3 is 0 Å². The van der Waals surface area contributed by atoms with Crippen LogP contribution < -0.4 is 5.32 Å². The second-order valence-corrected chi connectivity index (χ2v) is 5.14. The molecular formula is C16H19FN2O2. The third-order valence-electron chi connectivity index (χ3n) is 3.70. The molecule has 1 aromatic rings. The summed E-state index contributed by atoms with van der Waals surface area (Å²) < 4.78 is 13.3. The molecule has 0 aliphatic carbocycles. The van der Waals surface area contributed by atoms with E-state index in [1.54, 1.807) is 0 Å². The highest BCUT2D eigenvalue weighted by Gasteiger charge is 2.21. The number of benzene rings is 1. The van der Waals surface area contributed by atoms with Crippen LogP contribution in [0.2, 0.25) is 0 Å². The van der Waals surface area contributed by atoms with Crippen LogP contribution in [0.3, 0.4) is 0 Å². The summed E-state index contributed by atoms with van der Waals surface area (Å²) in [6, 6.07) is 4.21. The number of likely N-dealkylation sites (N-methyl/N-ethyl adjacent to an activating group) is 1. The second kappa shape index (κ2) is 7.21. The van der Waals surface area contributed by atoms with Gasteiger partial charge in [-0.3, -0.25) is 4.79 Å². The van der Waals surface area contributed by atoms with Crippen LogP contribution in [-0.4, -0.2) is 48.7 Å². The lowest BCUT2D eigenvalue weighted by molar-refractivity contribution is 0.0943. The van der Waals surface area contributed by atoms with E-state index in [0.29, 0.717) is 23.7 Å². The first-order valence-corrected chi connectivity index (χ1v) is 6.99. The van der Waals surface area contributed by atoms with E-state index in [9.17, 15) is 9.18 Å². The van der Waals surface area contributed by atoms with Gasteiger partial charge in [-0.25, -0.2) is 4.39 Å². The predicted molar refractivity (Wildman–Crippen MR) is 78.3 cm³/mol. The molecule has 0 spiro atoms. The van der Waals surface area contributed by atoms with Gasteiger partial charge in [-0.15, -0.1) is 0 Å². The Morgan fingerprint density at radius 3 is 3.05 bits per heavy atom. The van der Waals surface area contributed by atoms with Gasteiger partial charge < -0.3 is 15.3 Å². The van der Waals surface area contributed by atoms with E-state index in [2.05, 4.69) is 22.1 Å². The smallest absolute Gasteiger partial charge is 0.252 e. The Morgan fingerprint density at radius 1 is 1.57 bits per heavy atom. The number of carbonyl (C=O) groups is 1. The van der Waals surface area contributed by atoms with Gasteiger partial charge in [0.25, 0.3) is 5.91 Å². The number of aliphatic hydroxyl groups is 1. The lowest BCUT2D eigenvalue weighted by atomic mass is 10.1. The zero-order chi connectivity index (χ0) is 15.2. The van der Waals surface area contributed by atoms with E-state index in [1.165, 1.54) is 18.2 Å². The zero-order valence-electron chi connectivity index (χ0n) is 12.0. The van der Waals surface area contributed by atoms with Crippen LogP contribution in [0, 0.1) is 17.7 Å². The summed E-state index contributed by atoms with van der Waals surface area (Å²) in [6.07, 6.45) is 2.21. The molecule has 1 aromatic carbocycles. The molecule has 21 heavy (non-hydrogen) atoms. The number of likely N-dealkylation sites (tertiary alicyclic amines) is 1. The molecule has 0 radical (unpaired) electrons. The lowest BCUT2D eigenvalue weighted by Gasteiger charge is -2.19. The molecule has 2 rings (SSSR count). The fourth-order valence-electron chi connectivity index (χ4n) is 2.50. The average molecular weight is 290 g/mol. The van der Waals surface area contributed by atoms with E-state index in [1.807, 2.05) is 7.05 Å². The molecular weight excluding hydrogens is 271 g/mol. The van der Waals surface area contributed by atoms with Gasteiger partial charge in [0.2, 0.25) is 0 Å². The fourth-order valence-corrected chi connectivity index (χ4v) is 2.50. The first-order valence-electron chi connectivity index (χ1n) is 6.99. The van der Waals surface area contributed by atoms with Gasteiger partial charge in [0.1, 0.15) is 12.4 Å². The van der Waals surface area contributed by atoms with Gasteiger partial charge in [-0.1, -0.05) is 11.8 Å². The summed E-state index contributed by atoms with van der Waals surface area (Å²) in [5, 5.41) is 11.6. The molecule has 112 valence electrons. The third-order valence-corrected chi connectivity index (χ3v) is 3.70. The maximum absolute atomic E-state index is 13.3. The highest BCUT2D eigenvalue weighted by Crippen LogP contribution is 2.14. The normalized spacial score (nSPS) is 18.1. The molecule has 1 amide bonds. The predicted octanol–water partition coefficient (Wildman–Crippen LogP) is 0.993. The van der Waals surface area contributed by atoms with E-state index in [-0.39, 0.29) is 12.5 Å². The minimum Gasteiger partial charge on any atom is -0.384 e. The van der Waals surface area contributed by atoms with Crippen molar-refractivity contribution in [2.75, 3.05) is 26.7 Å². The Bertz CT molecular complexity index is 577. The van der Waals surface area contributed by atoms with Crippen LogP contribution in [0.5, 0.6) is 0 Å². The molecule has 1 unspecified atom stereocenters. The van der Waals surface area contributed by atoms with Crippen LogP contribution in [0.25, 0.3) is 0 Å². The number of rotatable bonds is 3. The minimum atomic E-state index is -0.454. The Labute approximate surface area is 124 Å². The summed E-state index contributed by atoms with van der Waals surface area (Å²) in [6.45, 7) is 1.29. The van der Waals surface area contributed by atoms with Crippen LogP contribution in [0.4, 0.5) is 4.39 Å². The summed E-state index contributed by atoms with van der Waals surface area (Å²) >= 11 is 0. The number of halogens is 1. The number of amides is 1. The number of nitrogens with zero attached hydrogens (tertiary/aromatic N) is 1. The molecule has 1 heterocycles. The third kappa shape index (κ3) is 4.03. The first kappa shape index (κ1) is 15.5. The van der Waals surface area contributed by atoms with E-state index in [0.717, 1.165) is 19.4 Å². The molecule has 0 saturated carbocycles. The standard InChI is InChI=1S/C16H19FN2O2/c1-19-8-2-5-14(19)11-18-16(21)15-7-6-13(17)10-12(15)4-3-9-20/h6-7,10,14,20H,2,5,8-9,11H2,1H3,(H,18,21). The molecule has 0 aromatic heterocycles. The molecule has 4 nitrogen and oxygen atoms in total. The Balaban J connectivity index is 2.07. The Hall–Kier alpha value is -1.90. The van der Waals surface area contributed by atoms with E-state index >= 15 is 0 Å². The van der Waals surface area contributed by atoms with Crippen molar-refractivity contribution in [1.82, 2.24) is 10.2 Å². The van der Waals surface area contributed by atoms with Crippen molar-refractivity contribution in [2.45, 2.75) is 18.9 Å². The van der Waals surface area contributed by atoms with Crippen LogP contribution in [0.1, 0.15) is 28.8 Å². The van der Waals surface area contributed by atoms with Crippen molar-refractivity contribution >= 4 is 5.91 Å². The topological polar surface area (TPSA) is 52.6 Å². The SMILES string of the molecule is CN1CCCC1CNC(=O)c1ccc(F)cc1C#CCO. The van der Waals surface area contributed by atoms with Crippen molar-refractivity contribution in [3.05, 3.63) is 35.1 Å². The quantitative estimate of drug-likeness (QED) is 0.816. The van der Waals surface area contributed by atoms with Crippen LogP contribution >= 0.6 is 0 Å². The van der Waals surface area contributed by atoms with Crippen molar-refractivity contribution in [1.29, 1.82) is 0 Å². The molecule has 1 atom stereocenters. The van der Waals surface area contributed by atoms with Crippen LogP contribution in [0.15, 0.2) is 18.2 Å². The van der Waals surface area contributed by atoms with Crippen LogP contribution in [-0.2, 0) is 0 Å². The first-order chi connectivity index (χ1) is 10.1. The van der Waals surface area contributed by atoms with Gasteiger partial charge in [-0.05, 0) is 44.6 Å². The molecule has 1 aliphatic heterocycles. The summed E-state index contributed by atoms with van der Waals surface area (Å²) in [5.41, 5.74) is 0.624. The second-order valence-electron chi connectivity index (χ2n) is 5.14. The van der Waals surface area contributed by atoms with Crippen molar-refractivity contribution in [3.63, 3.8) is 0 Å². The minimum absolute atomic E-state index is 0.266. The monoisotopic (exact) mass is 290 g/mol. The van der Waals surface area contributed by atoms with Gasteiger partial charge in [0.15, 0.2) is 0 Å².